The zero-order chi connectivity index (χ0) is 23.5. The number of anilines is 1. The topological polar surface area (TPSA) is 56.5 Å². The maximum Gasteiger partial charge on any atom is 0.296 e. The molecular formula is C25H25N3O3S2. The van der Waals surface area contributed by atoms with Gasteiger partial charge in [-0.25, -0.2) is 4.68 Å². The minimum atomic E-state index is -0.292. The lowest BCUT2D eigenvalue weighted by Gasteiger charge is -2.12. The Morgan fingerprint density at radius 3 is 2.42 bits per heavy atom. The number of ether oxygens (including phenoxy) is 1. The van der Waals surface area contributed by atoms with E-state index in [-0.39, 0.29) is 17.2 Å². The first kappa shape index (κ1) is 23.1. The van der Waals surface area contributed by atoms with Crippen molar-refractivity contribution in [2.45, 2.75) is 26.7 Å². The summed E-state index contributed by atoms with van der Waals surface area (Å²) in [7, 11) is 1.80. The van der Waals surface area contributed by atoms with Gasteiger partial charge in [0.25, 0.3) is 11.5 Å². The van der Waals surface area contributed by atoms with Crippen molar-refractivity contribution in [2.75, 3.05) is 11.5 Å². The van der Waals surface area contributed by atoms with Gasteiger partial charge in [-0.1, -0.05) is 67.7 Å². The van der Waals surface area contributed by atoms with Crippen molar-refractivity contribution in [2.24, 2.45) is 7.05 Å². The van der Waals surface area contributed by atoms with Gasteiger partial charge in [0.2, 0.25) is 0 Å². The molecule has 1 saturated heterocycles. The summed E-state index contributed by atoms with van der Waals surface area (Å²) in [4.78, 5) is 28.5. The molecule has 0 saturated carbocycles. The molecule has 4 rings (SSSR count). The molecule has 0 atom stereocenters. The van der Waals surface area contributed by atoms with E-state index in [0.29, 0.717) is 21.5 Å². The lowest BCUT2D eigenvalue weighted by atomic mass is 10.2. The number of hydrogen-bond acceptors (Lipinski definition) is 5. The Kier molecular flexibility index (Phi) is 6.85. The quantitative estimate of drug-likeness (QED) is 0.269. The molecule has 0 radical (unpaired) electrons. The van der Waals surface area contributed by atoms with Gasteiger partial charge in [-0.05, 0) is 49.2 Å². The van der Waals surface area contributed by atoms with E-state index in [0.717, 1.165) is 29.8 Å². The minimum Gasteiger partial charge on any atom is -0.494 e. The second-order valence-corrected chi connectivity index (χ2v) is 9.37. The van der Waals surface area contributed by atoms with E-state index in [2.05, 4.69) is 6.92 Å². The number of rotatable bonds is 7. The Balaban J connectivity index is 1.63. The molecule has 3 aromatic rings. The molecule has 8 heteroatoms. The van der Waals surface area contributed by atoms with Crippen molar-refractivity contribution in [3.8, 4) is 11.4 Å². The van der Waals surface area contributed by atoms with Crippen molar-refractivity contribution >= 4 is 46.0 Å². The van der Waals surface area contributed by atoms with Gasteiger partial charge in [0, 0.05) is 7.05 Å². The Morgan fingerprint density at radius 2 is 1.76 bits per heavy atom. The number of unbranched alkanes of at least 4 members (excludes halogenated alkanes) is 1. The third-order valence-corrected chi connectivity index (χ3v) is 6.79. The second kappa shape index (κ2) is 9.80. The van der Waals surface area contributed by atoms with Gasteiger partial charge in [0.05, 0.1) is 22.9 Å². The highest BCUT2D eigenvalue weighted by Crippen LogP contribution is 2.36. The molecule has 1 aliphatic rings. The lowest BCUT2D eigenvalue weighted by molar-refractivity contribution is -0.113. The number of aromatic nitrogens is 2. The average molecular weight is 480 g/mol. The molecule has 33 heavy (non-hydrogen) atoms. The Bertz CT molecular complexity index is 1270. The number of para-hydroxylation sites is 1. The number of carbonyl (C=O) groups is 1. The smallest absolute Gasteiger partial charge is 0.296 e. The molecule has 1 fully saturated rings. The fourth-order valence-electron chi connectivity index (χ4n) is 3.62. The van der Waals surface area contributed by atoms with E-state index < -0.39 is 0 Å². The predicted octanol–water partition coefficient (Wildman–Crippen LogP) is 5.07. The first-order valence-corrected chi connectivity index (χ1v) is 12.0. The number of benzene rings is 2. The van der Waals surface area contributed by atoms with E-state index >= 15 is 0 Å². The van der Waals surface area contributed by atoms with Crippen LogP contribution in [0.2, 0.25) is 0 Å². The second-order valence-electron chi connectivity index (χ2n) is 7.70. The summed E-state index contributed by atoms with van der Waals surface area (Å²) in [6, 6.07) is 16.9. The molecule has 0 aliphatic carbocycles. The Morgan fingerprint density at radius 1 is 1.06 bits per heavy atom. The highest BCUT2D eigenvalue weighted by Gasteiger charge is 2.37. The Labute approximate surface area is 202 Å². The average Bonchev–Trinajstić information content (AvgIpc) is 3.20. The number of carbonyl (C=O) groups excluding carboxylic acids is 1. The Hall–Kier alpha value is -3.10. The van der Waals surface area contributed by atoms with Crippen molar-refractivity contribution in [1.29, 1.82) is 0 Å². The molecule has 0 N–H and O–H groups in total. The van der Waals surface area contributed by atoms with Crippen LogP contribution in [0.1, 0.15) is 31.0 Å². The maximum atomic E-state index is 13.3. The number of hydrogen-bond donors (Lipinski definition) is 0. The molecule has 6 nitrogen and oxygen atoms in total. The molecule has 2 aromatic carbocycles. The van der Waals surface area contributed by atoms with Gasteiger partial charge >= 0.3 is 0 Å². The standard InChI is InChI=1S/C25H25N3O3S2/c1-4-5-15-31-20-13-11-18(12-14-20)16-21-23(29)27(25(32)33-21)22-17(2)26(3)28(24(22)30)19-9-7-6-8-10-19/h6-14,16H,4-5,15H2,1-3H3/b21-16-. The maximum absolute atomic E-state index is 13.3. The zero-order valence-corrected chi connectivity index (χ0v) is 20.4. The van der Waals surface area contributed by atoms with E-state index in [4.69, 9.17) is 17.0 Å². The summed E-state index contributed by atoms with van der Waals surface area (Å²) >= 11 is 6.71. The molecule has 0 unspecified atom stereocenters. The lowest BCUT2D eigenvalue weighted by Crippen LogP contribution is -2.33. The summed E-state index contributed by atoms with van der Waals surface area (Å²) < 4.78 is 9.33. The van der Waals surface area contributed by atoms with Gasteiger partial charge in [-0.2, -0.15) is 0 Å². The van der Waals surface area contributed by atoms with Crippen molar-refractivity contribution in [1.82, 2.24) is 9.36 Å². The van der Waals surface area contributed by atoms with Crippen LogP contribution >= 0.6 is 24.0 Å². The molecule has 1 aromatic heterocycles. The molecule has 0 bridgehead atoms. The van der Waals surface area contributed by atoms with Crippen LogP contribution in [0.15, 0.2) is 64.3 Å². The zero-order valence-electron chi connectivity index (χ0n) is 18.8. The third-order valence-electron chi connectivity index (χ3n) is 5.49. The van der Waals surface area contributed by atoms with E-state index in [1.807, 2.05) is 61.5 Å². The highest BCUT2D eigenvalue weighted by atomic mass is 32.2. The van der Waals surface area contributed by atoms with Crippen LogP contribution in [-0.4, -0.2) is 26.2 Å². The van der Waals surface area contributed by atoms with Gasteiger partial charge in [-0.3, -0.25) is 19.2 Å². The SMILES string of the molecule is CCCCOc1ccc(/C=C2\SC(=S)N(c3c(C)n(C)n(-c4ccccc4)c3=O)C2=O)cc1. The highest BCUT2D eigenvalue weighted by molar-refractivity contribution is 8.27. The fourth-order valence-corrected chi connectivity index (χ4v) is 4.89. The molecule has 170 valence electrons. The van der Waals surface area contributed by atoms with Gasteiger partial charge in [0.15, 0.2) is 4.32 Å². The van der Waals surface area contributed by atoms with Gasteiger partial charge < -0.3 is 4.74 Å². The molecule has 1 aliphatic heterocycles. The van der Waals surface area contributed by atoms with Crippen LogP contribution in [-0.2, 0) is 11.8 Å². The first-order chi connectivity index (χ1) is 15.9. The van der Waals surface area contributed by atoms with Crippen molar-refractivity contribution in [3.05, 3.63) is 81.1 Å². The normalized spacial score (nSPS) is 15.0. The summed E-state index contributed by atoms with van der Waals surface area (Å²) in [6.45, 7) is 4.62. The van der Waals surface area contributed by atoms with E-state index in [1.54, 1.807) is 22.5 Å². The van der Waals surface area contributed by atoms with E-state index in [1.165, 1.54) is 16.7 Å². The van der Waals surface area contributed by atoms with Crippen LogP contribution in [0.25, 0.3) is 11.8 Å². The number of nitrogens with zero attached hydrogens (tertiary/aromatic N) is 3. The van der Waals surface area contributed by atoms with Crippen LogP contribution < -0.4 is 15.2 Å². The number of amides is 1. The first-order valence-electron chi connectivity index (χ1n) is 10.8. The predicted molar refractivity (Wildman–Crippen MR) is 138 cm³/mol. The fraction of sp³-hybridized carbons (Fsp3) is 0.240. The van der Waals surface area contributed by atoms with Crippen molar-refractivity contribution in [3.63, 3.8) is 0 Å². The van der Waals surface area contributed by atoms with Crippen molar-refractivity contribution < 1.29 is 9.53 Å². The minimum absolute atomic E-state index is 0.284. The summed E-state index contributed by atoms with van der Waals surface area (Å²) in [5.74, 6) is 0.508. The van der Waals surface area contributed by atoms with Crippen LogP contribution in [0.3, 0.4) is 0 Å². The molecule has 1 amide bonds. The van der Waals surface area contributed by atoms with E-state index in [9.17, 15) is 9.59 Å². The van der Waals surface area contributed by atoms with Gasteiger partial charge in [-0.15, -0.1) is 0 Å². The number of thiocarbonyl (C=S) groups is 1. The molecule has 0 spiro atoms. The summed E-state index contributed by atoms with van der Waals surface area (Å²) in [5.41, 5.74) is 2.25. The third kappa shape index (κ3) is 4.54. The summed E-state index contributed by atoms with van der Waals surface area (Å²) in [6.07, 6.45) is 3.88. The van der Waals surface area contributed by atoms with Crippen LogP contribution in [0.5, 0.6) is 5.75 Å². The van der Waals surface area contributed by atoms with Crippen LogP contribution in [0, 0.1) is 6.92 Å². The molecular weight excluding hydrogens is 454 g/mol. The van der Waals surface area contributed by atoms with Gasteiger partial charge in [0.1, 0.15) is 11.4 Å². The van der Waals surface area contributed by atoms with Crippen LogP contribution in [0.4, 0.5) is 5.69 Å². The largest absolute Gasteiger partial charge is 0.494 e. The number of thioether (sulfide) groups is 1. The molecule has 2 heterocycles. The monoisotopic (exact) mass is 479 g/mol. The summed E-state index contributed by atoms with van der Waals surface area (Å²) in [5, 5.41) is 0.